The minimum absolute atomic E-state index is 0.0535. The van der Waals surface area contributed by atoms with Crippen molar-refractivity contribution in [2.75, 3.05) is 17.6 Å². The Balaban J connectivity index is 1.65. The normalized spacial score (nSPS) is 20.4. The van der Waals surface area contributed by atoms with Gasteiger partial charge >= 0.3 is 0 Å². The third-order valence-corrected chi connectivity index (χ3v) is 7.16. The number of imide groups is 1. The lowest BCUT2D eigenvalue weighted by molar-refractivity contribution is -0.158. The number of nitrogens with zero attached hydrogens (tertiary/aromatic N) is 3. The molecule has 0 radical (unpaired) electrons. The smallest absolute Gasteiger partial charge is 0.252 e. The van der Waals surface area contributed by atoms with Crippen LogP contribution in [0, 0.1) is 0 Å². The number of hydrogen-bond acceptors (Lipinski definition) is 8. The lowest BCUT2D eigenvalue weighted by atomic mass is 9.78. The topological polar surface area (TPSA) is 104 Å². The van der Waals surface area contributed by atoms with Gasteiger partial charge in [0, 0.05) is 6.04 Å². The Bertz CT molecular complexity index is 717. The fourth-order valence-corrected chi connectivity index (χ4v) is 5.24. The lowest BCUT2D eigenvalue weighted by Gasteiger charge is -2.47. The van der Waals surface area contributed by atoms with Gasteiger partial charge in [-0.05, 0) is 26.2 Å². The summed E-state index contributed by atoms with van der Waals surface area (Å²) in [5, 5.41) is 14.6. The molecule has 3 amide bonds. The predicted molar refractivity (Wildman–Crippen MR) is 105 cm³/mol. The van der Waals surface area contributed by atoms with Gasteiger partial charge in [-0.3, -0.25) is 19.7 Å². The molecular formula is C17H25N5O3S2. The Kier molecular flexibility index (Phi) is 6.36. The van der Waals surface area contributed by atoms with Crippen LogP contribution in [0.1, 0.15) is 52.4 Å². The van der Waals surface area contributed by atoms with Crippen LogP contribution < -0.4 is 10.6 Å². The zero-order chi connectivity index (χ0) is 19.4. The average Bonchev–Trinajstić information content (AvgIpc) is 3.11. The molecule has 8 nitrogen and oxygen atoms in total. The van der Waals surface area contributed by atoms with Crippen LogP contribution in [0.3, 0.4) is 0 Å². The van der Waals surface area contributed by atoms with E-state index < -0.39 is 11.4 Å². The van der Waals surface area contributed by atoms with Crippen molar-refractivity contribution in [3.05, 3.63) is 0 Å². The molecule has 2 heterocycles. The van der Waals surface area contributed by atoms with E-state index in [0.29, 0.717) is 23.2 Å². The second-order valence-corrected chi connectivity index (χ2v) is 9.26. The molecule has 2 N–H and O–H groups in total. The van der Waals surface area contributed by atoms with Crippen LogP contribution in [0.2, 0.25) is 0 Å². The Morgan fingerprint density at radius 3 is 2.78 bits per heavy atom. The molecule has 1 aliphatic heterocycles. The summed E-state index contributed by atoms with van der Waals surface area (Å²) in [5.74, 6) is -0.796. The third-order valence-electron chi connectivity index (χ3n) is 5.18. The standard InChI is InChI=1S/C17H25N5O3S2/c1-3-11(2)18-15-20-21-16(27-15)26-10-13(24)22-9-12(23)19-14(25)17(22)7-5-4-6-8-17/h11H,3-10H2,1-2H3,(H,18,20)(H,19,23,25)/t11-/m1/s1. The molecule has 1 atom stereocenters. The van der Waals surface area contributed by atoms with Crippen LogP contribution in [0.25, 0.3) is 0 Å². The number of anilines is 1. The molecule has 2 aliphatic rings. The zero-order valence-corrected chi connectivity index (χ0v) is 17.3. The zero-order valence-electron chi connectivity index (χ0n) is 15.6. The number of thioether (sulfide) groups is 1. The van der Waals surface area contributed by atoms with Crippen molar-refractivity contribution in [3.8, 4) is 0 Å². The van der Waals surface area contributed by atoms with E-state index in [1.165, 1.54) is 28.0 Å². The van der Waals surface area contributed by atoms with Crippen LogP contribution in [0.4, 0.5) is 5.13 Å². The molecule has 1 saturated carbocycles. The number of amides is 3. The van der Waals surface area contributed by atoms with E-state index in [1.54, 1.807) is 0 Å². The number of aromatic nitrogens is 2. The van der Waals surface area contributed by atoms with E-state index >= 15 is 0 Å². The summed E-state index contributed by atoms with van der Waals surface area (Å²) < 4.78 is 0.694. The number of rotatable bonds is 6. The number of carbonyl (C=O) groups is 3. The summed E-state index contributed by atoms with van der Waals surface area (Å²) in [6.07, 6.45) is 5.04. The number of piperazine rings is 1. The highest BCUT2D eigenvalue weighted by atomic mass is 32.2. The van der Waals surface area contributed by atoms with Crippen molar-refractivity contribution in [1.29, 1.82) is 0 Å². The average molecular weight is 412 g/mol. The summed E-state index contributed by atoms with van der Waals surface area (Å²) in [6, 6.07) is 0.307. The van der Waals surface area contributed by atoms with Gasteiger partial charge in [0.15, 0.2) is 4.34 Å². The maximum Gasteiger partial charge on any atom is 0.252 e. The van der Waals surface area contributed by atoms with Crippen molar-refractivity contribution >= 4 is 46.0 Å². The Morgan fingerprint density at radius 1 is 1.33 bits per heavy atom. The maximum absolute atomic E-state index is 12.9. The first-order chi connectivity index (χ1) is 12.9. The summed E-state index contributed by atoms with van der Waals surface area (Å²) in [5.41, 5.74) is -0.867. The molecule has 27 heavy (non-hydrogen) atoms. The molecule has 0 unspecified atom stereocenters. The van der Waals surface area contributed by atoms with Gasteiger partial charge in [0.1, 0.15) is 12.1 Å². The molecule has 148 valence electrons. The number of carbonyl (C=O) groups excluding carboxylic acids is 3. The summed E-state index contributed by atoms with van der Waals surface area (Å²) >= 11 is 2.70. The van der Waals surface area contributed by atoms with Gasteiger partial charge in [-0.15, -0.1) is 10.2 Å². The molecule has 0 bridgehead atoms. The van der Waals surface area contributed by atoms with E-state index in [4.69, 9.17) is 0 Å². The van der Waals surface area contributed by atoms with E-state index in [2.05, 4.69) is 34.7 Å². The quantitative estimate of drug-likeness (QED) is 0.545. The SMILES string of the molecule is CC[C@@H](C)Nc1nnc(SCC(=O)N2CC(=O)NC(=O)C23CCCCC3)s1. The summed E-state index contributed by atoms with van der Waals surface area (Å²) in [6.45, 7) is 4.10. The van der Waals surface area contributed by atoms with Crippen LogP contribution in [0.15, 0.2) is 4.34 Å². The second kappa shape index (κ2) is 8.55. The van der Waals surface area contributed by atoms with Gasteiger partial charge < -0.3 is 10.2 Å². The van der Waals surface area contributed by atoms with Crippen LogP contribution in [-0.4, -0.2) is 56.7 Å². The highest BCUT2D eigenvalue weighted by Crippen LogP contribution is 2.36. The Morgan fingerprint density at radius 2 is 2.07 bits per heavy atom. The third kappa shape index (κ3) is 4.43. The first-order valence-electron chi connectivity index (χ1n) is 9.32. The molecular weight excluding hydrogens is 386 g/mol. The molecule has 2 fully saturated rings. The molecule has 1 aromatic rings. The fourth-order valence-electron chi connectivity index (χ4n) is 3.50. The van der Waals surface area contributed by atoms with E-state index in [9.17, 15) is 14.4 Å². The van der Waals surface area contributed by atoms with E-state index in [0.717, 1.165) is 30.8 Å². The number of nitrogens with one attached hydrogen (secondary N) is 2. The molecule has 1 saturated heterocycles. The molecule has 1 aromatic heterocycles. The largest absolute Gasteiger partial charge is 0.358 e. The second-order valence-electron chi connectivity index (χ2n) is 7.06. The molecule has 0 aromatic carbocycles. The minimum Gasteiger partial charge on any atom is -0.358 e. The van der Waals surface area contributed by atoms with Crippen molar-refractivity contribution in [2.24, 2.45) is 0 Å². The van der Waals surface area contributed by atoms with Gasteiger partial charge in [0.05, 0.1) is 5.75 Å². The molecule has 10 heteroatoms. The highest BCUT2D eigenvalue weighted by Gasteiger charge is 2.50. The van der Waals surface area contributed by atoms with Crippen molar-refractivity contribution in [1.82, 2.24) is 20.4 Å². The van der Waals surface area contributed by atoms with Gasteiger partial charge in [0.2, 0.25) is 16.9 Å². The van der Waals surface area contributed by atoms with Crippen LogP contribution in [0.5, 0.6) is 0 Å². The first-order valence-corrected chi connectivity index (χ1v) is 11.1. The van der Waals surface area contributed by atoms with Crippen molar-refractivity contribution < 1.29 is 14.4 Å². The first kappa shape index (κ1) is 20.1. The van der Waals surface area contributed by atoms with Crippen molar-refractivity contribution in [3.63, 3.8) is 0 Å². The Hall–Kier alpha value is -1.68. The number of hydrogen-bond donors (Lipinski definition) is 2. The van der Waals surface area contributed by atoms with Crippen molar-refractivity contribution in [2.45, 2.75) is 68.3 Å². The van der Waals surface area contributed by atoms with Gasteiger partial charge in [-0.25, -0.2) is 0 Å². The minimum atomic E-state index is -0.867. The molecule has 1 spiro atoms. The van der Waals surface area contributed by atoms with Crippen LogP contribution in [-0.2, 0) is 14.4 Å². The Labute approximate surface area is 166 Å². The molecule has 1 aliphatic carbocycles. The predicted octanol–water partition coefficient (Wildman–Crippen LogP) is 2.03. The summed E-state index contributed by atoms with van der Waals surface area (Å²) in [7, 11) is 0. The maximum atomic E-state index is 12.9. The van der Waals surface area contributed by atoms with Gasteiger partial charge in [0.25, 0.3) is 5.91 Å². The van der Waals surface area contributed by atoms with Gasteiger partial charge in [-0.2, -0.15) is 0 Å². The molecule has 3 rings (SSSR count). The lowest BCUT2D eigenvalue weighted by Crippen LogP contribution is -2.69. The highest BCUT2D eigenvalue weighted by molar-refractivity contribution is 8.01. The summed E-state index contributed by atoms with van der Waals surface area (Å²) in [4.78, 5) is 38.8. The van der Waals surface area contributed by atoms with E-state index in [-0.39, 0.29) is 24.1 Å². The van der Waals surface area contributed by atoms with Crippen LogP contribution >= 0.6 is 23.1 Å². The fraction of sp³-hybridized carbons (Fsp3) is 0.706. The van der Waals surface area contributed by atoms with Gasteiger partial charge in [-0.1, -0.05) is 49.3 Å². The van der Waals surface area contributed by atoms with E-state index in [1.807, 2.05) is 0 Å². The monoisotopic (exact) mass is 411 g/mol.